The van der Waals surface area contributed by atoms with E-state index in [1.54, 1.807) is 30.3 Å². The molecule has 1 heterocycles. The van der Waals surface area contributed by atoms with Crippen molar-refractivity contribution in [2.45, 2.75) is 51.9 Å². The molecule has 1 saturated carbocycles. The topological polar surface area (TPSA) is 62.1 Å². The largest absolute Gasteiger partial charge is 0.484 e. The third-order valence-electron chi connectivity index (χ3n) is 5.69. The fraction of sp³-hybridized carbons (Fsp3) is 0.600. The molecule has 28 heavy (non-hydrogen) atoms. The number of hydrogen-bond acceptors (Lipinski definition) is 4. The van der Waals surface area contributed by atoms with Gasteiger partial charge in [-0.25, -0.2) is 0 Å². The predicted octanol–water partition coefficient (Wildman–Crippen LogP) is 3.98. The van der Waals surface area contributed by atoms with Crippen LogP contribution in [0.2, 0.25) is 0 Å². The van der Waals surface area contributed by atoms with E-state index < -0.39 is 30.3 Å². The van der Waals surface area contributed by atoms with Crippen molar-refractivity contribution in [3.05, 3.63) is 30.3 Å². The minimum absolute atomic E-state index is 0.0130. The zero-order valence-corrected chi connectivity index (χ0v) is 16.2. The monoisotopic (exact) mass is 398 g/mol. The smallest absolute Gasteiger partial charge is 0.439 e. The Balaban J connectivity index is 1.84. The zero-order chi connectivity index (χ0) is 20.7. The Morgan fingerprint density at radius 3 is 2.50 bits per heavy atom. The number of alkyl halides is 3. The van der Waals surface area contributed by atoms with E-state index in [1.165, 1.54) is 0 Å². The SMILES string of the molecule is CC(C)(C)[C@@H]1CCC2=NN(C(=O)COc3ccccc3)[C@@](O)(C(F)(F)F)[C@@H]2C1. The van der Waals surface area contributed by atoms with E-state index in [9.17, 15) is 23.1 Å². The third kappa shape index (κ3) is 3.62. The molecule has 1 aliphatic carbocycles. The number of ether oxygens (including phenoxy) is 1. The molecule has 0 bridgehead atoms. The maximum absolute atomic E-state index is 14.0. The van der Waals surface area contributed by atoms with Gasteiger partial charge in [-0.15, -0.1) is 0 Å². The second-order valence-electron chi connectivity index (χ2n) is 8.51. The van der Waals surface area contributed by atoms with Crippen molar-refractivity contribution >= 4 is 11.6 Å². The van der Waals surface area contributed by atoms with Crippen LogP contribution in [0.25, 0.3) is 0 Å². The van der Waals surface area contributed by atoms with Crippen LogP contribution in [-0.2, 0) is 4.79 Å². The molecule has 3 rings (SSSR count). The van der Waals surface area contributed by atoms with Gasteiger partial charge >= 0.3 is 6.18 Å². The summed E-state index contributed by atoms with van der Waals surface area (Å²) in [5.74, 6) is -1.95. The van der Waals surface area contributed by atoms with Gasteiger partial charge in [-0.3, -0.25) is 4.79 Å². The van der Waals surface area contributed by atoms with Crippen molar-refractivity contribution in [1.82, 2.24) is 5.01 Å². The van der Waals surface area contributed by atoms with Crippen LogP contribution in [0.1, 0.15) is 40.0 Å². The number of nitrogens with zero attached hydrogens (tertiary/aromatic N) is 2. The van der Waals surface area contributed by atoms with Crippen LogP contribution in [0.5, 0.6) is 5.75 Å². The lowest BCUT2D eigenvalue weighted by Gasteiger charge is -2.42. The second-order valence-corrected chi connectivity index (χ2v) is 8.51. The van der Waals surface area contributed by atoms with Crippen molar-refractivity contribution < 1.29 is 27.8 Å². The molecular formula is C20H25F3N2O3. The van der Waals surface area contributed by atoms with Crippen LogP contribution in [0.3, 0.4) is 0 Å². The fourth-order valence-electron chi connectivity index (χ4n) is 3.98. The molecule has 0 spiro atoms. The van der Waals surface area contributed by atoms with Crippen molar-refractivity contribution in [2.24, 2.45) is 22.4 Å². The molecule has 5 nitrogen and oxygen atoms in total. The van der Waals surface area contributed by atoms with Crippen LogP contribution < -0.4 is 4.74 Å². The average molecular weight is 398 g/mol. The molecule has 0 unspecified atom stereocenters. The first-order valence-corrected chi connectivity index (χ1v) is 9.32. The minimum atomic E-state index is -5.04. The Bertz CT molecular complexity index is 758. The molecule has 154 valence electrons. The van der Waals surface area contributed by atoms with Gasteiger partial charge in [-0.2, -0.15) is 23.3 Å². The van der Waals surface area contributed by atoms with E-state index in [4.69, 9.17) is 4.74 Å². The normalized spacial score (nSPS) is 28.0. The highest BCUT2D eigenvalue weighted by Gasteiger charge is 2.69. The lowest BCUT2D eigenvalue weighted by atomic mass is 9.66. The minimum Gasteiger partial charge on any atom is -0.484 e. The standard InChI is InChI=1S/C20H25F3N2O3/c1-18(2,3)13-9-10-16-15(11-13)19(27,20(21,22)23)25(24-16)17(26)12-28-14-7-5-4-6-8-14/h4-8,13,15,27H,9-12H2,1-3H3/t13-,15-,19+/m1/s1. The Kier molecular flexibility index (Phi) is 5.20. The predicted molar refractivity (Wildman–Crippen MR) is 97.5 cm³/mol. The molecule has 1 aliphatic heterocycles. The van der Waals surface area contributed by atoms with E-state index >= 15 is 0 Å². The first-order valence-electron chi connectivity index (χ1n) is 9.32. The fourth-order valence-corrected chi connectivity index (χ4v) is 3.98. The van der Waals surface area contributed by atoms with E-state index in [0.717, 1.165) is 0 Å². The van der Waals surface area contributed by atoms with Gasteiger partial charge in [-0.05, 0) is 42.7 Å². The number of halogens is 3. The first-order chi connectivity index (χ1) is 12.9. The van der Waals surface area contributed by atoms with Gasteiger partial charge in [-0.1, -0.05) is 39.0 Å². The molecule has 1 aromatic rings. The Labute approximate surface area is 162 Å². The molecular weight excluding hydrogens is 373 g/mol. The van der Waals surface area contributed by atoms with Crippen molar-refractivity contribution in [1.29, 1.82) is 0 Å². The number of hydrogen-bond donors (Lipinski definition) is 1. The van der Waals surface area contributed by atoms with Gasteiger partial charge in [0.15, 0.2) is 6.61 Å². The lowest BCUT2D eigenvalue weighted by molar-refractivity contribution is -0.318. The highest BCUT2D eigenvalue weighted by Crippen LogP contribution is 2.51. The number of hydrazone groups is 1. The summed E-state index contributed by atoms with van der Waals surface area (Å²) in [5.41, 5.74) is -3.32. The molecule has 1 amide bonds. The van der Waals surface area contributed by atoms with Gasteiger partial charge < -0.3 is 9.84 Å². The number of rotatable bonds is 3. The molecule has 8 heteroatoms. The quantitative estimate of drug-likeness (QED) is 0.838. The van der Waals surface area contributed by atoms with E-state index in [2.05, 4.69) is 5.10 Å². The second kappa shape index (κ2) is 7.06. The number of para-hydroxylation sites is 1. The van der Waals surface area contributed by atoms with Crippen molar-refractivity contribution in [2.75, 3.05) is 6.61 Å². The Morgan fingerprint density at radius 1 is 1.29 bits per heavy atom. The van der Waals surface area contributed by atoms with Gasteiger partial charge in [0.25, 0.3) is 11.6 Å². The van der Waals surface area contributed by atoms with Gasteiger partial charge in [0.05, 0.1) is 5.92 Å². The lowest BCUT2D eigenvalue weighted by Crippen LogP contribution is -2.62. The number of fused-ring (bicyclic) bond motifs is 1. The summed E-state index contributed by atoms with van der Waals surface area (Å²) >= 11 is 0. The van der Waals surface area contributed by atoms with Crippen LogP contribution in [0.4, 0.5) is 13.2 Å². The molecule has 1 fully saturated rings. The maximum Gasteiger partial charge on any atom is 0.439 e. The summed E-state index contributed by atoms with van der Waals surface area (Å²) in [6.45, 7) is 5.27. The average Bonchev–Trinajstić information content (AvgIpc) is 2.93. The van der Waals surface area contributed by atoms with Crippen LogP contribution >= 0.6 is 0 Å². The molecule has 1 N–H and O–H groups in total. The number of carbonyl (C=O) groups is 1. The highest BCUT2D eigenvalue weighted by molar-refractivity contribution is 5.93. The first kappa shape index (κ1) is 20.6. The summed E-state index contributed by atoms with van der Waals surface area (Å²) in [6.07, 6.45) is -3.91. The van der Waals surface area contributed by atoms with Crippen LogP contribution in [0, 0.1) is 17.3 Å². The summed E-state index contributed by atoms with van der Waals surface area (Å²) in [7, 11) is 0. The number of aliphatic hydroxyl groups is 1. The molecule has 0 radical (unpaired) electrons. The number of amides is 1. The van der Waals surface area contributed by atoms with Crippen LogP contribution in [-0.4, -0.2) is 40.2 Å². The Morgan fingerprint density at radius 2 is 1.93 bits per heavy atom. The summed E-state index contributed by atoms with van der Waals surface area (Å²) in [6, 6.07) is 8.30. The van der Waals surface area contributed by atoms with Crippen molar-refractivity contribution in [3.8, 4) is 5.75 Å². The third-order valence-corrected chi connectivity index (χ3v) is 5.69. The van der Waals surface area contributed by atoms with Gasteiger partial charge in [0.1, 0.15) is 5.75 Å². The van der Waals surface area contributed by atoms with Crippen molar-refractivity contribution in [3.63, 3.8) is 0 Å². The Hall–Kier alpha value is -2.09. The van der Waals surface area contributed by atoms with Gasteiger partial charge in [0, 0.05) is 5.71 Å². The highest BCUT2D eigenvalue weighted by atomic mass is 19.4. The number of benzene rings is 1. The molecule has 3 atom stereocenters. The van der Waals surface area contributed by atoms with E-state index in [1.807, 2.05) is 20.8 Å². The zero-order valence-electron chi connectivity index (χ0n) is 16.2. The summed E-state index contributed by atoms with van der Waals surface area (Å²) < 4.78 is 47.1. The molecule has 0 aromatic heterocycles. The van der Waals surface area contributed by atoms with Gasteiger partial charge in [0.2, 0.25) is 0 Å². The number of carbonyl (C=O) groups excluding carboxylic acids is 1. The van der Waals surface area contributed by atoms with E-state index in [0.29, 0.717) is 18.6 Å². The summed E-state index contributed by atoms with van der Waals surface area (Å²) in [4.78, 5) is 12.5. The molecule has 2 aliphatic rings. The summed E-state index contributed by atoms with van der Waals surface area (Å²) in [5, 5.41) is 14.8. The molecule has 0 saturated heterocycles. The van der Waals surface area contributed by atoms with E-state index in [-0.39, 0.29) is 28.5 Å². The molecule has 1 aromatic carbocycles. The maximum atomic E-state index is 14.0. The van der Waals surface area contributed by atoms with Crippen LogP contribution in [0.15, 0.2) is 35.4 Å².